The van der Waals surface area contributed by atoms with Crippen LogP contribution in [0.2, 0.25) is 0 Å². The summed E-state index contributed by atoms with van der Waals surface area (Å²) in [6, 6.07) is 2.17. The third-order valence-electron chi connectivity index (χ3n) is 5.19. The predicted molar refractivity (Wildman–Crippen MR) is 97.1 cm³/mol. The quantitative estimate of drug-likeness (QED) is 0.491. The van der Waals surface area contributed by atoms with E-state index in [1.807, 2.05) is 6.92 Å². The van der Waals surface area contributed by atoms with E-state index in [1.54, 1.807) is 0 Å². The number of hydrogen-bond donors (Lipinski definition) is 3. The van der Waals surface area contributed by atoms with Crippen molar-refractivity contribution < 1.29 is 0 Å². The lowest BCUT2D eigenvalue weighted by atomic mass is 9.89. The highest BCUT2D eigenvalue weighted by molar-refractivity contribution is 7.80. The second-order valence-electron chi connectivity index (χ2n) is 6.91. The van der Waals surface area contributed by atoms with Gasteiger partial charge in [0.2, 0.25) is 0 Å². The summed E-state index contributed by atoms with van der Waals surface area (Å²) in [5.41, 5.74) is 6.62. The molecule has 0 spiro atoms. The SMILES string of the molecule is CC(=N)[C@H]1C[C@H](C)c2cc(S)c(/C=C(\C)C3CC3)c(C=N)c21. The van der Waals surface area contributed by atoms with Crippen molar-refractivity contribution >= 4 is 30.6 Å². The van der Waals surface area contributed by atoms with Crippen LogP contribution in [0.5, 0.6) is 0 Å². The van der Waals surface area contributed by atoms with Crippen molar-refractivity contribution in [2.75, 3.05) is 0 Å². The van der Waals surface area contributed by atoms with Gasteiger partial charge in [0, 0.05) is 28.3 Å². The first-order valence-corrected chi connectivity index (χ1v) is 8.52. The Morgan fingerprint density at radius 1 is 1.27 bits per heavy atom. The molecule has 1 saturated carbocycles. The van der Waals surface area contributed by atoms with Gasteiger partial charge in [-0.1, -0.05) is 18.6 Å². The molecule has 2 aliphatic rings. The van der Waals surface area contributed by atoms with Crippen LogP contribution in [-0.4, -0.2) is 11.9 Å². The molecule has 3 heteroatoms. The summed E-state index contributed by atoms with van der Waals surface area (Å²) < 4.78 is 0. The summed E-state index contributed by atoms with van der Waals surface area (Å²) in [7, 11) is 0. The molecule has 0 saturated heterocycles. The average molecular weight is 312 g/mol. The standard InChI is InChI=1S/C19H24N2S/c1-10(13-4-5-13)6-16-17(9-20)19-14(8-18(16)22)11(2)7-15(19)12(3)21/h6,8-9,11,13,15,20-22H,4-5,7H2,1-3H3/b10-6+,20-9?,21-12?/t11-,15+/m0/s1. The lowest BCUT2D eigenvalue weighted by Crippen LogP contribution is -2.08. The molecule has 0 unspecified atom stereocenters. The minimum absolute atomic E-state index is 0.156. The number of nitrogens with one attached hydrogen (secondary N) is 2. The second-order valence-corrected chi connectivity index (χ2v) is 7.39. The van der Waals surface area contributed by atoms with E-state index in [4.69, 9.17) is 23.4 Å². The Balaban J connectivity index is 2.20. The normalized spacial score (nSPS) is 24.3. The van der Waals surface area contributed by atoms with Crippen molar-refractivity contribution in [2.45, 2.75) is 56.8 Å². The van der Waals surface area contributed by atoms with Crippen LogP contribution in [0.15, 0.2) is 16.5 Å². The molecular formula is C19H24N2S. The highest BCUT2D eigenvalue weighted by atomic mass is 32.1. The van der Waals surface area contributed by atoms with E-state index in [1.165, 1.54) is 35.8 Å². The van der Waals surface area contributed by atoms with E-state index in [0.29, 0.717) is 11.6 Å². The Morgan fingerprint density at radius 3 is 2.50 bits per heavy atom. The minimum Gasteiger partial charge on any atom is -0.309 e. The first-order valence-electron chi connectivity index (χ1n) is 8.07. The molecule has 0 heterocycles. The molecule has 0 radical (unpaired) electrons. The third-order valence-corrected chi connectivity index (χ3v) is 5.56. The molecule has 2 N–H and O–H groups in total. The van der Waals surface area contributed by atoms with E-state index in [2.05, 4.69) is 26.0 Å². The molecule has 0 aliphatic heterocycles. The maximum absolute atomic E-state index is 8.12. The fourth-order valence-corrected chi connectivity index (χ4v) is 4.05. The van der Waals surface area contributed by atoms with Gasteiger partial charge in [0.15, 0.2) is 0 Å². The van der Waals surface area contributed by atoms with Crippen LogP contribution in [0, 0.1) is 16.7 Å². The van der Waals surface area contributed by atoms with E-state index in [0.717, 1.165) is 28.4 Å². The Labute approximate surface area is 138 Å². The second kappa shape index (κ2) is 5.69. The number of fused-ring (bicyclic) bond motifs is 1. The smallest absolute Gasteiger partial charge is 0.0259 e. The number of allylic oxidation sites excluding steroid dienone is 1. The van der Waals surface area contributed by atoms with Crippen LogP contribution in [0.4, 0.5) is 0 Å². The van der Waals surface area contributed by atoms with E-state index in [-0.39, 0.29) is 5.92 Å². The van der Waals surface area contributed by atoms with Crippen LogP contribution in [0.1, 0.15) is 74.1 Å². The monoisotopic (exact) mass is 312 g/mol. The van der Waals surface area contributed by atoms with Gasteiger partial charge in [0.05, 0.1) is 0 Å². The van der Waals surface area contributed by atoms with Crippen molar-refractivity contribution in [3.63, 3.8) is 0 Å². The highest BCUT2D eigenvalue weighted by Gasteiger charge is 2.33. The summed E-state index contributed by atoms with van der Waals surface area (Å²) in [4.78, 5) is 0.965. The van der Waals surface area contributed by atoms with E-state index in [9.17, 15) is 0 Å². The van der Waals surface area contributed by atoms with Crippen molar-refractivity contribution in [3.05, 3.63) is 33.9 Å². The lowest BCUT2D eigenvalue weighted by molar-refractivity contribution is 0.714. The fourth-order valence-electron chi connectivity index (χ4n) is 3.72. The Morgan fingerprint density at radius 2 is 1.95 bits per heavy atom. The van der Waals surface area contributed by atoms with Gasteiger partial charge in [-0.2, -0.15) is 0 Å². The molecule has 0 bridgehead atoms. The van der Waals surface area contributed by atoms with Gasteiger partial charge in [-0.25, -0.2) is 0 Å². The summed E-state index contributed by atoms with van der Waals surface area (Å²) in [6.45, 7) is 6.29. The van der Waals surface area contributed by atoms with E-state index >= 15 is 0 Å². The summed E-state index contributed by atoms with van der Waals surface area (Å²) in [5.74, 6) is 1.31. The molecule has 2 atom stereocenters. The third kappa shape index (κ3) is 2.56. The van der Waals surface area contributed by atoms with Crippen LogP contribution < -0.4 is 0 Å². The minimum atomic E-state index is 0.156. The zero-order valence-corrected chi connectivity index (χ0v) is 14.4. The maximum atomic E-state index is 8.12. The summed E-state index contributed by atoms with van der Waals surface area (Å²) in [6.07, 6.45) is 7.24. The molecule has 0 aromatic heterocycles. The molecule has 22 heavy (non-hydrogen) atoms. The van der Waals surface area contributed by atoms with Crippen molar-refractivity contribution in [1.29, 1.82) is 10.8 Å². The average Bonchev–Trinajstić information content (AvgIpc) is 3.26. The molecule has 1 aromatic rings. The molecule has 1 fully saturated rings. The van der Waals surface area contributed by atoms with Gasteiger partial charge < -0.3 is 10.8 Å². The van der Waals surface area contributed by atoms with Gasteiger partial charge in [-0.3, -0.25) is 0 Å². The molecule has 116 valence electrons. The van der Waals surface area contributed by atoms with Gasteiger partial charge in [-0.15, -0.1) is 12.6 Å². The molecule has 2 aliphatic carbocycles. The first kappa shape index (κ1) is 15.5. The number of hydrogen-bond acceptors (Lipinski definition) is 3. The van der Waals surface area contributed by atoms with Gasteiger partial charge in [-0.05, 0) is 67.7 Å². The van der Waals surface area contributed by atoms with Crippen LogP contribution in [0.3, 0.4) is 0 Å². The van der Waals surface area contributed by atoms with Gasteiger partial charge >= 0.3 is 0 Å². The Hall–Kier alpha value is -1.35. The Kier molecular flexibility index (Phi) is 4.02. The van der Waals surface area contributed by atoms with Gasteiger partial charge in [0.1, 0.15) is 0 Å². The van der Waals surface area contributed by atoms with E-state index < -0.39 is 0 Å². The first-order chi connectivity index (χ1) is 10.4. The van der Waals surface area contributed by atoms with Crippen LogP contribution >= 0.6 is 12.6 Å². The van der Waals surface area contributed by atoms with Gasteiger partial charge in [0.25, 0.3) is 0 Å². The summed E-state index contributed by atoms with van der Waals surface area (Å²) >= 11 is 4.70. The lowest BCUT2D eigenvalue weighted by Gasteiger charge is -2.17. The zero-order valence-electron chi connectivity index (χ0n) is 13.5. The summed E-state index contributed by atoms with van der Waals surface area (Å²) in [5, 5.41) is 16.1. The molecule has 1 aromatic carbocycles. The van der Waals surface area contributed by atoms with Crippen molar-refractivity contribution in [1.82, 2.24) is 0 Å². The molecule has 2 nitrogen and oxygen atoms in total. The van der Waals surface area contributed by atoms with Crippen LogP contribution in [-0.2, 0) is 0 Å². The largest absolute Gasteiger partial charge is 0.309 e. The topological polar surface area (TPSA) is 47.7 Å². The van der Waals surface area contributed by atoms with Crippen molar-refractivity contribution in [2.24, 2.45) is 5.92 Å². The van der Waals surface area contributed by atoms with Crippen LogP contribution in [0.25, 0.3) is 6.08 Å². The number of thiol groups is 1. The highest BCUT2D eigenvalue weighted by Crippen LogP contribution is 2.46. The van der Waals surface area contributed by atoms with Crippen molar-refractivity contribution in [3.8, 4) is 0 Å². The number of rotatable bonds is 4. The molecular weight excluding hydrogens is 288 g/mol. The maximum Gasteiger partial charge on any atom is 0.0259 e. The number of benzene rings is 1. The molecule has 3 rings (SSSR count). The zero-order chi connectivity index (χ0) is 16.0. The fraction of sp³-hybridized carbons (Fsp3) is 0.474. The predicted octanol–water partition coefficient (Wildman–Crippen LogP) is 5.42. The molecule has 0 amide bonds. The Bertz CT molecular complexity index is 683.